The fourth-order valence-corrected chi connectivity index (χ4v) is 0.486. The van der Waals surface area contributed by atoms with Gasteiger partial charge >= 0.3 is 5.82 Å². The van der Waals surface area contributed by atoms with Gasteiger partial charge in [0.25, 0.3) is 0 Å². The highest BCUT2D eigenvalue weighted by Crippen LogP contribution is 2.16. The number of nitrogens with one attached hydrogen (secondary N) is 1. The minimum Gasteiger partial charge on any atom is -0.346 e. The smallest absolute Gasteiger partial charge is 0.346 e. The molecule has 10 nitrogen and oxygen atoms in total. The molecule has 10 heteroatoms. The molecule has 0 aromatic rings. The van der Waals surface area contributed by atoms with Crippen LogP contribution in [0.15, 0.2) is 22.0 Å². The van der Waals surface area contributed by atoms with Crippen molar-refractivity contribution < 1.29 is 9.85 Å². The summed E-state index contributed by atoms with van der Waals surface area (Å²) in [6.45, 7) is 0. The SMILES string of the molecule is O=[N+]([O-])C(=C1N=NN[N-]1)[N+](=O)[O-]. The maximum absolute atomic E-state index is 10.0. The highest BCUT2D eigenvalue weighted by atomic mass is 16.7. The van der Waals surface area contributed by atoms with E-state index in [2.05, 4.69) is 15.8 Å². The molecule has 0 atom stereocenters. The molecule has 0 saturated carbocycles. The molecule has 0 bridgehead atoms. The van der Waals surface area contributed by atoms with Gasteiger partial charge in [0.05, 0.1) is 0 Å². The zero-order valence-electron chi connectivity index (χ0n) is 5.37. The molecule has 0 unspecified atom stereocenters. The Bertz CT molecular complexity index is 276. The van der Waals surface area contributed by atoms with Crippen LogP contribution in [0.4, 0.5) is 0 Å². The number of hydrogen-bond acceptors (Lipinski definition) is 7. The maximum Gasteiger partial charge on any atom is 0.560 e. The monoisotopic (exact) mass is 173 g/mol. The minimum absolute atomic E-state index is 0.648. The predicted octanol–water partition coefficient (Wildman–Crippen LogP) is -0.0745. The van der Waals surface area contributed by atoms with Crippen LogP contribution < -0.4 is 5.53 Å². The lowest BCUT2D eigenvalue weighted by Gasteiger charge is -1.98. The standard InChI is InChI=1S/C2HN6O4/c9-7(10)2(8(11)12)1-3-5-6-4-1/h(H-,3,4,5,6)/q-1. The van der Waals surface area contributed by atoms with Crippen LogP contribution in [0.5, 0.6) is 0 Å². The first-order valence-electron chi connectivity index (χ1n) is 2.52. The Hall–Kier alpha value is -2.26. The Morgan fingerprint density at radius 2 is 2.00 bits per heavy atom. The maximum atomic E-state index is 10.0. The molecule has 0 aromatic heterocycles. The molecular formula is C2HN6O4-. The third kappa shape index (κ3) is 1.25. The molecule has 1 heterocycles. The lowest BCUT2D eigenvalue weighted by atomic mass is 10.7. The highest BCUT2D eigenvalue weighted by Gasteiger charge is 2.28. The Labute approximate surface area is 64.2 Å². The predicted molar refractivity (Wildman–Crippen MR) is 32.4 cm³/mol. The number of rotatable bonds is 2. The molecule has 64 valence electrons. The second-order valence-corrected chi connectivity index (χ2v) is 1.57. The van der Waals surface area contributed by atoms with Crippen molar-refractivity contribution in [3.8, 4) is 0 Å². The Morgan fingerprint density at radius 3 is 2.33 bits per heavy atom. The number of hydrogen-bond donors (Lipinski definition) is 1. The van der Waals surface area contributed by atoms with Crippen LogP contribution in [-0.4, -0.2) is 9.85 Å². The lowest BCUT2D eigenvalue weighted by molar-refractivity contribution is -0.617. The second kappa shape index (κ2) is 2.77. The summed E-state index contributed by atoms with van der Waals surface area (Å²) in [5, 5.41) is 26.1. The third-order valence-corrected chi connectivity index (χ3v) is 0.891. The van der Waals surface area contributed by atoms with Crippen LogP contribution in [0.3, 0.4) is 0 Å². The minimum atomic E-state index is -1.30. The first-order chi connectivity index (χ1) is 5.63. The van der Waals surface area contributed by atoms with Crippen LogP contribution in [0.1, 0.15) is 0 Å². The van der Waals surface area contributed by atoms with Gasteiger partial charge in [-0.1, -0.05) is 0 Å². The molecule has 12 heavy (non-hydrogen) atoms. The molecule has 0 aromatic carbocycles. The van der Waals surface area contributed by atoms with Crippen molar-refractivity contribution in [2.24, 2.45) is 10.3 Å². The molecule has 0 saturated heterocycles. The van der Waals surface area contributed by atoms with Crippen LogP contribution in [0, 0.1) is 20.2 Å². The van der Waals surface area contributed by atoms with Crippen molar-refractivity contribution in [2.45, 2.75) is 0 Å². The van der Waals surface area contributed by atoms with E-state index in [4.69, 9.17) is 0 Å². The topological polar surface area (TPSA) is 137 Å². The van der Waals surface area contributed by atoms with E-state index in [1.165, 1.54) is 0 Å². The fraction of sp³-hybridized carbons (Fsp3) is 0. The zero-order chi connectivity index (χ0) is 9.14. The van der Waals surface area contributed by atoms with Gasteiger partial charge in [0.1, 0.15) is 15.7 Å². The van der Waals surface area contributed by atoms with E-state index in [-0.39, 0.29) is 0 Å². The van der Waals surface area contributed by atoms with Crippen molar-refractivity contribution in [2.75, 3.05) is 0 Å². The lowest BCUT2D eigenvalue weighted by Crippen LogP contribution is -2.11. The van der Waals surface area contributed by atoms with E-state index < -0.39 is 21.5 Å². The van der Waals surface area contributed by atoms with Crippen molar-refractivity contribution in [1.82, 2.24) is 5.53 Å². The summed E-state index contributed by atoms with van der Waals surface area (Å²) in [6, 6.07) is 0. The largest absolute Gasteiger partial charge is 0.560 e. The zero-order valence-corrected chi connectivity index (χ0v) is 5.37. The molecule has 1 N–H and O–H groups in total. The van der Waals surface area contributed by atoms with Crippen LogP contribution in [0.2, 0.25) is 0 Å². The molecule has 1 aliphatic heterocycles. The molecule has 0 radical (unpaired) electrons. The first-order valence-corrected chi connectivity index (χ1v) is 2.52. The summed E-state index contributed by atoms with van der Waals surface area (Å²) < 4.78 is 0. The Morgan fingerprint density at radius 1 is 1.42 bits per heavy atom. The quantitative estimate of drug-likeness (QED) is 0.459. The summed E-state index contributed by atoms with van der Waals surface area (Å²) in [7, 11) is 0. The Balaban J connectivity index is 3.06. The average Bonchev–Trinajstić information content (AvgIpc) is 2.37. The summed E-state index contributed by atoms with van der Waals surface area (Å²) in [6.07, 6.45) is 0. The van der Waals surface area contributed by atoms with Gasteiger partial charge in [-0.05, 0) is 0 Å². The van der Waals surface area contributed by atoms with Crippen molar-refractivity contribution in [3.63, 3.8) is 0 Å². The van der Waals surface area contributed by atoms with Gasteiger partial charge in [0.15, 0.2) is 0 Å². The third-order valence-electron chi connectivity index (χ3n) is 0.891. The number of nitrogens with zero attached hydrogens (tertiary/aromatic N) is 5. The van der Waals surface area contributed by atoms with E-state index in [9.17, 15) is 20.2 Å². The second-order valence-electron chi connectivity index (χ2n) is 1.57. The average molecular weight is 173 g/mol. The van der Waals surface area contributed by atoms with Crippen LogP contribution >= 0.6 is 0 Å². The highest BCUT2D eigenvalue weighted by molar-refractivity contribution is 5.14. The summed E-state index contributed by atoms with van der Waals surface area (Å²) in [4.78, 5) is 17.7. The summed E-state index contributed by atoms with van der Waals surface area (Å²) in [5.74, 6) is -1.95. The van der Waals surface area contributed by atoms with E-state index in [1.54, 1.807) is 0 Å². The summed E-state index contributed by atoms with van der Waals surface area (Å²) in [5.41, 5.74) is 4.97. The van der Waals surface area contributed by atoms with Gasteiger partial charge in [0.2, 0.25) is 0 Å². The molecule has 0 amide bonds. The molecule has 1 aliphatic rings. The van der Waals surface area contributed by atoms with Gasteiger partial charge < -0.3 is 10.5 Å². The van der Waals surface area contributed by atoms with Gasteiger partial charge in [-0.25, -0.2) is 0 Å². The van der Waals surface area contributed by atoms with Crippen molar-refractivity contribution >= 4 is 0 Å². The van der Waals surface area contributed by atoms with Gasteiger partial charge in [-0.2, -0.15) is 5.22 Å². The van der Waals surface area contributed by atoms with Gasteiger partial charge in [0, 0.05) is 0 Å². The first kappa shape index (κ1) is 7.84. The van der Waals surface area contributed by atoms with E-state index in [0.717, 1.165) is 0 Å². The molecule has 0 fully saturated rings. The van der Waals surface area contributed by atoms with Crippen LogP contribution in [-0.2, 0) is 0 Å². The fourth-order valence-electron chi connectivity index (χ4n) is 0.486. The van der Waals surface area contributed by atoms with E-state index in [1.807, 2.05) is 5.53 Å². The number of nitro groups is 2. The van der Waals surface area contributed by atoms with E-state index >= 15 is 0 Å². The molecular weight excluding hydrogens is 172 g/mol. The normalized spacial score (nSPS) is 13.5. The summed E-state index contributed by atoms with van der Waals surface area (Å²) >= 11 is 0. The van der Waals surface area contributed by atoms with Crippen molar-refractivity contribution in [1.29, 1.82) is 0 Å². The molecule has 1 rings (SSSR count). The van der Waals surface area contributed by atoms with Crippen LogP contribution in [0.25, 0.3) is 5.43 Å². The van der Waals surface area contributed by atoms with Gasteiger partial charge in [-0.15, -0.1) is 0 Å². The van der Waals surface area contributed by atoms with Crippen molar-refractivity contribution in [3.05, 3.63) is 37.3 Å². The van der Waals surface area contributed by atoms with E-state index in [0.29, 0.717) is 0 Å². The molecule has 0 spiro atoms. The van der Waals surface area contributed by atoms with Gasteiger partial charge in [-0.3, -0.25) is 25.8 Å². The molecule has 0 aliphatic carbocycles. The Kier molecular flexibility index (Phi) is 1.81.